The second-order valence-electron chi connectivity index (χ2n) is 3.85. The Morgan fingerprint density at radius 1 is 1.31 bits per heavy atom. The average molecular weight is 212 g/mol. The first-order chi connectivity index (χ1) is 7.75. The van der Waals surface area contributed by atoms with Crippen molar-refractivity contribution in [2.45, 2.75) is 0 Å². The van der Waals surface area contributed by atoms with Crippen molar-refractivity contribution in [3.63, 3.8) is 0 Å². The zero-order chi connectivity index (χ0) is 11.1. The predicted octanol–water partition coefficient (Wildman–Crippen LogP) is 2.15. The third-order valence-electron chi connectivity index (χ3n) is 2.78. The monoisotopic (exact) mass is 212 g/mol. The number of imidazole rings is 1. The minimum absolute atomic E-state index is 0.446. The normalized spacial score (nSPS) is 11.1. The van der Waals surface area contributed by atoms with Crippen molar-refractivity contribution in [3.8, 4) is 11.3 Å². The predicted molar refractivity (Wildman–Crippen MR) is 64.9 cm³/mol. The molecule has 3 N–H and O–H groups in total. The van der Waals surface area contributed by atoms with Gasteiger partial charge in [0.1, 0.15) is 0 Å². The van der Waals surface area contributed by atoms with Crippen LogP contribution in [0.15, 0.2) is 36.7 Å². The van der Waals surface area contributed by atoms with Crippen LogP contribution in [-0.4, -0.2) is 14.5 Å². The summed E-state index contributed by atoms with van der Waals surface area (Å²) in [4.78, 5) is 7.08. The second-order valence-corrected chi connectivity index (χ2v) is 3.85. The van der Waals surface area contributed by atoms with Gasteiger partial charge in [-0.15, -0.1) is 0 Å². The highest BCUT2D eigenvalue weighted by Gasteiger charge is 2.08. The summed E-state index contributed by atoms with van der Waals surface area (Å²) < 4.78 is 2.10. The lowest BCUT2D eigenvalue weighted by atomic mass is 10.1. The first-order valence-corrected chi connectivity index (χ1v) is 5.10. The summed E-state index contributed by atoms with van der Waals surface area (Å²) in [5.41, 5.74) is 8.85. The third kappa shape index (κ3) is 1.20. The first kappa shape index (κ1) is 9.03. The zero-order valence-electron chi connectivity index (χ0n) is 8.94. The van der Waals surface area contributed by atoms with Gasteiger partial charge in [0.05, 0.1) is 17.4 Å². The maximum Gasteiger partial charge on any atom is 0.197 e. The van der Waals surface area contributed by atoms with Crippen LogP contribution in [-0.2, 0) is 7.05 Å². The smallest absolute Gasteiger partial charge is 0.197 e. The molecule has 0 fully saturated rings. The summed E-state index contributed by atoms with van der Waals surface area (Å²) in [7, 11) is 2.03. The Kier molecular flexibility index (Phi) is 1.77. The number of aryl methyl sites for hydroxylation is 1. The maximum absolute atomic E-state index is 5.60. The van der Waals surface area contributed by atoms with Gasteiger partial charge in [-0.25, -0.2) is 4.98 Å². The van der Waals surface area contributed by atoms with E-state index in [0.29, 0.717) is 5.95 Å². The number of nitrogens with zero attached hydrogens (tertiary/aromatic N) is 2. The molecule has 16 heavy (non-hydrogen) atoms. The number of nitrogen functional groups attached to an aromatic ring is 1. The second kappa shape index (κ2) is 3.13. The molecule has 0 aliphatic heterocycles. The van der Waals surface area contributed by atoms with Crippen LogP contribution in [0.3, 0.4) is 0 Å². The Balaban J connectivity index is 2.34. The Hall–Kier alpha value is -2.23. The van der Waals surface area contributed by atoms with E-state index in [1.54, 1.807) is 6.20 Å². The Labute approximate surface area is 92.7 Å². The molecule has 4 heteroatoms. The van der Waals surface area contributed by atoms with Crippen LogP contribution >= 0.6 is 0 Å². The molecule has 80 valence electrons. The van der Waals surface area contributed by atoms with Crippen molar-refractivity contribution in [2.75, 3.05) is 5.73 Å². The van der Waals surface area contributed by atoms with Crippen LogP contribution in [0.25, 0.3) is 22.2 Å². The molecule has 1 aromatic carbocycles. The Bertz CT molecular complexity index is 648. The fraction of sp³-hybridized carbons (Fsp3) is 0.0833. The van der Waals surface area contributed by atoms with Crippen LogP contribution in [0, 0.1) is 0 Å². The third-order valence-corrected chi connectivity index (χ3v) is 2.78. The number of nitrogens with one attached hydrogen (secondary N) is 1. The fourth-order valence-electron chi connectivity index (χ4n) is 2.05. The molecule has 0 saturated heterocycles. The lowest BCUT2D eigenvalue weighted by molar-refractivity contribution is 0.970. The fourth-order valence-corrected chi connectivity index (χ4v) is 2.05. The van der Waals surface area contributed by atoms with Crippen LogP contribution in [0.5, 0.6) is 0 Å². The lowest BCUT2D eigenvalue weighted by Crippen LogP contribution is -1.89. The topological polar surface area (TPSA) is 59.6 Å². The molecule has 0 aliphatic rings. The van der Waals surface area contributed by atoms with Gasteiger partial charge >= 0.3 is 0 Å². The van der Waals surface area contributed by atoms with Crippen molar-refractivity contribution in [1.82, 2.24) is 14.5 Å². The number of para-hydroxylation sites is 1. The number of nitrogens with two attached hydrogens (primary N) is 1. The largest absolute Gasteiger partial charge is 0.369 e. The van der Waals surface area contributed by atoms with Gasteiger partial charge in [0.25, 0.3) is 0 Å². The molecule has 4 nitrogen and oxygen atoms in total. The molecule has 2 heterocycles. The molecule has 0 radical (unpaired) electrons. The number of H-pyrrole nitrogens is 1. The Morgan fingerprint density at radius 3 is 2.94 bits per heavy atom. The van der Waals surface area contributed by atoms with Crippen molar-refractivity contribution < 1.29 is 0 Å². The standard InChI is InChI=1S/C12H12N4/c1-16-6-5-8-3-2-4-9(11(8)16)10-7-14-12(13)15-10/h2-7H,1H3,(H3,13,14,15). The van der Waals surface area contributed by atoms with E-state index >= 15 is 0 Å². The summed E-state index contributed by atoms with van der Waals surface area (Å²) in [6, 6.07) is 8.29. The minimum Gasteiger partial charge on any atom is -0.369 e. The maximum atomic E-state index is 5.60. The van der Waals surface area contributed by atoms with E-state index in [2.05, 4.69) is 32.7 Å². The number of hydrogen-bond acceptors (Lipinski definition) is 2. The molecule has 0 unspecified atom stereocenters. The highest BCUT2D eigenvalue weighted by molar-refractivity contribution is 5.93. The molecule has 3 rings (SSSR count). The summed E-state index contributed by atoms with van der Waals surface area (Å²) in [5.74, 6) is 0.446. The molecular weight excluding hydrogens is 200 g/mol. The van der Waals surface area contributed by atoms with Crippen molar-refractivity contribution >= 4 is 16.9 Å². The number of aromatic nitrogens is 3. The van der Waals surface area contributed by atoms with Gasteiger partial charge in [0.2, 0.25) is 0 Å². The van der Waals surface area contributed by atoms with Crippen LogP contribution in [0.1, 0.15) is 0 Å². The molecule has 2 aromatic heterocycles. The molecule has 0 bridgehead atoms. The van der Waals surface area contributed by atoms with Gasteiger partial charge in [-0.05, 0) is 6.07 Å². The van der Waals surface area contributed by atoms with Crippen LogP contribution in [0.4, 0.5) is 5.95 Å². The van der Waals surface area contributed by atoms with E-state index in [9.17, 15) is 0 Å². The SMILES string of the molecule is Cn1ccc2cccc(-c3cnc(N)[nH]3)c21. The summed E-state index contributed by atoms with van der Waals surface area (Å²) in [6.07, 6.45) is 3.81. The van der Waals surface area contributed by atoms with E-state index in [-0.39, 0.29) is 0 Å². The molecule has 0 atom stereocenters. The summed E-state index contributed by atoms with van der Waals surface area (Å²) >= 11 is 0. The van der Waals surface area contributed by atoms with Crippen molar-refractivity contribution in [2.24, 2.45) is 7.05 Å². The average Bonchev–Trinajstić information content (AvgIpc) is 2.86. The molecule has 3 aromatic rings. The molecule has 0 saturated carbocycles. The minimum atomic E-state index is 0.446. The first-order valence-electron chi connectivity index (χ1n) is 5.10. The lowest BCUT2D eigenvalue weighted by Gasteiger charge is -2.03. The van der Waals surface area contributed by atoms with E-state index in [0.717, 1.165) is 11.3 Å². The van der Waals surface area contributed by atoms with Gasteiger partial charge in [0, 0.05) is 24.2 Å². The number of fused-ring (bicyclic) bond motifs is 1. The van der Waals surface area contributed by atoms with Gasteiger partial charge in [0.15, 0.2) is 5.95 Å². The number of aromatic amines is 1. The van der Waals surface area contributed by atoms with Gasteiger partial charge in [-0.1, -0.05) is 18.2 Å². The van der Waals surface area contributed by atoms with E-state index in [1.807, 2.05) is 19.3 Å². The van der Waals surface area contributed by atoms with Gasteiger partial charge < -0.3 is 15.3 Å². The summed E-state index contributed by atoms with van der Waals surface area (Å²) in [5, 5.41) is 1.22. The highest BCUT2D eigenvalue weighted by atomic mass is 15.0. The molecule has 0 amide bonds. The number of benzene rings is 1. The van der Waals surface area contributed by atoms with Crippen LogP contribution < -0.4 is 5.73 Å². The van der Waals surface area contributed by atoms with E-state index in [1.165, 1.54) is 10.9 Å². The number of anilines is 1. The number of rotatable bonds is 1. The molecule has 0 spiro atoms. The van der Waals surface area contributed by atoms with Gasteiger partial charge in [-0.2, -0.15) is 0 Å². The number of hydrogen-bond donors (Lipinski definition) is 2. The van der Waals surface area contributed by atoms with Crippen molar-refractivity contribution in [3.05, 3.63) is 36.7 Å². The van der Waals surface area contributed by atoms with E-state index < -0.39 is 0 Å². The summed E-state index contributed by atoms with van der Waals surface area (Å²) in [6.45, 7) is 0. The molecular formula is C12H12N4. The quantitative estimate of drug-likeness (QED) is 0.649. The van der Waals surface area contributed by atoms with Crippen LogP contribution in [0.2, 0.25) is 0 Å². The highest BCUT2D eigenvalue weighted by Crippen LogP contribution is 2.27. The van der Waals surface area contributed by atoms with Crippen molar-refractivity contribution in [1.29, 1.82) is 0 Å². The van der Waals surface area contributed by atoms with E-state index in [4.69, 9.17) is 5.73 Å². The van der Waals surface area contributed by atoms with Gasteiger partial charge in [-0.3, -0.25) is 0 Å². The zero-order valence-corrected chi connectivity index (χ0v) is 8.94. The Morgan fingerprint density at radius 2 is 2.19 bits per heavy atom. The molecule has 0 aliphatic carbocycles.